The molecule has 0 saturated heterocycles. The second kappa shape index (κ2) is 6.56. The highest BCUT2D eigenvalue weighted by atomic mass is 19.1. The zero-order valence-corrected chi connectivity index (χ0v) is 13.3. The smallest absolute Gasteiger partial charge is 0.262 e. The highest BCUT2D eigenvalue weighted by molar-refractivity contribution is 6.09. The van der Waals surface area contributed by atoms with E-state index in [9.17, 15) is 9.18 Å². The number of pyridine rings is 1. The Bertz CT molecular complexity index is 778. The van der Waals surface area contributed by atoms with E-state index in [1.807, 2.05) is 18.2 Å². The zero-order chi connectivity index (χ0) is 17.0. The van der Waals surface area contributed by atoms with Gasteiger partial charge in [0.25, 0.3) is 5.91 Å². The number of hydrogen-bond acceptors (Lipinski definition) is 4. The van der Waals surface area contributed by atoms with Gasteiger partial charge < -0.3 is 16.0 Å². The van der Waals surface area contributed by atoms with Crippen molar-refractivity contribution >= 4 is 34.3 Å². The number of benzene rings is 1. The van der Waals surface area contributed by atoms with E-state index in [0.717, 1.165) is 21.9 Å². The van der Waals surface area contributed by atoms with Crippen LogP contribution in [-0.2, 0) is 4.79 Å². The molecule has 2 aromatic rings. The van der Waals surface area contributed by atoms with Crippen LogP contribution in [0.4, 0.5) is 10.2 Å². The molecule has 0 unspecified atom stereocenters. The molecule has 0 aliphatic rings. The topological polar surface area (TPSA) is 77.9 Å². The first-order chi connectivity index (χ1) is 10.8. The van der Waals surface area contributed by atoms with Crippen LogP contribution in [0.3, 0.4) is 0 Å². The summed E-state index contributed by atoms with van der Waals surface area (Å²) in [6, 6.07) is 7.35. The molecule has 120 valence electrons. The molecule has 0 atom stereocenters. The van der Waals surface area contributed by atoms with Crippen LogP contribution in [0, 0.1) is 5.41 Å². The molecule has 0 spiro atoms. The quantitative estimate of drug-likeness (QED) is 0.742. The Morgan fingerprint density at radius 2 is 2.04 bits per heavy atom. The van der Waals surface area contributed by atoms with Gasteiger partial charge in [0.1, 0.15) is 5.82 Å². The van der Waals surface area contributed by atoms with E-state index >= 15 is 0 Å². The minimum Gasteiger partial charge on any atom is -0.393 e. The number of alkyl halides is 1. The number of halogens is 1. The first-order valence-corrected chi connectivity index (χ1v) is 7.13. The van der Waals surface area contributed by atoms with Crippen molar-refractivity contribution in [1.82, 2.24) is 10.3 Å². The number of hydrogen-bond donors (Lipinski definition) is 3. The summed E-state index contributed by atoms with van der Waals surface area (Å²) in [5, 5.41) is 14.6. The van der Waals surface area contributed by atoms with Gasteiger partial charge in [-0.15, -0.1) is 0 Å². The van der Waals surface area contributed by atoms with Crippen LogP contribution in [0.1, 0.15) is 19.4 Å². The van der Waals surface area contributed by atoms with Gasteiger partial charge in [-0.05, 0) is 36.9 Å². The molecule has 3 N–H and O–H groups in total. The van der Waals surface area contributed by atoms with Gasteiger partial charge in [0, 0.05) is 36.6 Å². The third-order valence-corrected chi connectivity index (χ3v) is 3.29. The maximum absolute atomic E-state index is 13.6. The summed E-state index contributed by atoms with van der Waals surface area (Å²) in [6.45, 7) is 2.39. The van der Waals surface area contributed by atoms with Crippen molar-refractivity contribution in [3.8, 4) is 0 Å². The van der Waals surface area contributed by atoms with Crippen LogP contribution < -0.4 is 10.6 Å². The molecule has 6 heteroatoms. The number of nitrogens with zero attached hydrogens (tertiary/aromatic N) is 1. The summed E-state index contributed by atoms with van der Waals surface area (Å²) in [5.74, 6) is -0.449. The molecule has 0 saturated carbocycles. The minimum absolute atomic E-state index is 0.291. The van der Waals surface area contributed by atoms with Crippen molar-refractivity contribution in [2.45, 2.75) is 19.5 Å². The summed E-state index contributed by atoms with van der Waals surface area (Å²) < 4.78 is 13.6. The van der Waals surface area contributed by atoms with Gasteiger partial charge >= 0.3 is 0 Å². The van der Waals surface area contributed by atoms with Gasteiger partial charge in [-0.1, -0.05) is 12.1 Å². The van der Waals surface area contributed by atoms with Crippen LogP contribution in [0.5, 0.6) is 0 Å². The first-order valence-electron chi connectivity index (χ1n) is 7.13. The number of rotatable bonds is 5. The third kappa shape index (κ3) is 3.91. The lowest BCUT2D eigenvalue weighted by Gasteiger charge is -2.14. The molecule has 0 fully saturated rings. The van der Waals surface area contributed by atoms with Crippen molar-refractivity contribution in [2.24, 2.45) is 0 Å². The maximum Gasteiger partial charge on any atom is 0.262 e. The van der Waals surface area contributed by atoms with Gasteiger partial charge in [0.05, 0.1) is 0 Å². The van der Waals surface area contributed by atoms with Crippen molar-refractivity contribution in [1.29, 1.82) is 5.41 Å². The normalized spacial score (nSPS) is 12.1. The van der Waals surface area contributed by atoms with E-state index in [2.05, 4.69) is 15.6 Å². The summed E-state index contributed by atoms with van der Waals surface area (Å²) in [4.78, 5) is 15.8. The summed E-state index contributed by atoms with van der Waals surface area (Å²) in [5.41, 5.74) is -0.390. The Kier molecular flexibility index (Phi) is 4.74. The molecular formula is C17H19FN4O. The predicted octanol–water partition coefficient (Wildman–Crippen LogP) is 3.13. The van der Waals surface area contributed by atoms with Crippen molar-refractivity contribution in [3.05, 3.63) is 42.2 Å². The van der Waals surface area contributed by atoms with E-state index < -0.39 is 11.6 Å². The molecule has 0 aliphatic carbocycles. The van der Waals surface area contributed by atoms with Gasteiger partial charge in [0.2, 0.25) is 0 Å². The molecule has 0 radical (unpaired) electrons. The number of carbonyl (C=O) groups excluding carboxylic acids is 1. The Labute approximate surface area is 134 Å². The largest absolute Gasteiger partial charge is 0.393 e. The van der Waals surface area contributed by atoms with Crippen LogP contribution in [0.2, 0.25) is 0 Å². The van der Waals surface area contributed by atoms with Crippen molar-refractivity contribution < 1.29 is 9.18 Å². The fourth-order valence-corrected chi connectivity index (χ4v) is 2.02. The monoisotopic (exact) mass is 314 g/mol. The Balaban J connectivity index is 2.40. The van der Waals surface area contributed by atoms with Crippen molar-refractivity contribution in [2.75, 3.05) is 12.4 Å². The molecule has 1 aromatic heterocycles. The fraction of sp³-hybridized carbons (Fsp3) is 0.235. The first kappa shape index (κ1) is 16.6. The lowest BCUT2D eigenvalue weighted by molar-refractivity contribution is -0.125. The number of carbonyl (C=O) groups is 1. The molecule has 2 rings (SSSR count). The highest BCUT2D eigenvalue weighted by Gasteiger charge is 2.26. The predicted molar refractivity (Wildman–Crippen MR) is 91.4 cm³/mol. The zero-order valence-electron chi connectivity index (χ0n) is 13.3. The Morgan fingerprint density at radius 1 is 1.30 bits per heavy atom. The second-order valence-corrected chi connectivity index (χ2v) is 5.59. The molecule has 0 bridgehead atoms. The second-order valence-electron chi connectivity index (χ2n) is 5.59. The molecule has 23 heavy (non-hydrogen) atoms. The van der Waals surface area contributed by atoms with Crippen LogP contribution in [0.25, 0.3) is 16.3 Å². The number of amides is 1. The van der Waals surface area contributed by atoms with Gasteiger partial charge in [-0.25, -0.2) is 9.37 Å². The van der Waals surface area contributed by atoms with E-state index in [4.69, 9.17) is 5.41 Å². The summed E-state index contributed by atoms with van der Waals surface area (Å²) in [6.07, 6.45) is 4.60. The SMILES string of the molecule is CN/C=C(\C=N)c1ccc2cnc(NC(=O)C(C)(C)F)cc2c1. The Hall–Kier alpha value is -2.76. The number of fused-ring (bicyclic) bond motifs is 1. The van der Waals surface area contributed by atoms with Crippen LogP contribution in [-0.4, -0.2) is 29.8 Å². The average molecular weight is 314 g/mol. The van der Waals surface area contributed by atoms with Gasteiger partial charge in [0.15, 0.2) is 5.67 Å². The maximum atomic E-state index is 13.6. The number of anilines is 1. The van der Waals surface area contributed by atoms with Gasteiger partial charge in [-0.2, -0.15) is 0 Å². The average Bonchev–Trinajstić information content (AvgIpc) is 2.51. The van der Waals surface area contributed by atoms with E-state index in [0.29, 0.717) is 5.82 Å². The third-order valence-electron chi connectivity index (χ3n) is 3.29. The minimum atomic E-state index is -1.97. The van der Waals surface area contributed by atoms with Crippen LogP contribution in [0.15, 0.2) is 36.7 Å². The van der Waals surface area contributed by atoms with Gasteiger partial charge in [-0.3, -0.25) is 4.79 Å². The van der Waals surface area contributed by atoms with Crippen molar-refractivity contribution in [3.63, 3.8) is 0 Å². The van der Waals surface area contributed by atoms with E-state index in [1.165, 1.54) is 20.1 Å². The fourth-order valence-electron chi connectivity index (χ4n) is 2.02. The Morgan fingerprint density at radius 3 is 2.65 bits per heavy atom. The number of allylic oxidation sites excluding steroid dienone is 1. The molecule has 1 amide bonds. The number of aromatic nitrogens is 1. The molecule has 0 aliphatic heterocycles. The van der Waals surface area contributed by atoms with Crippen LogP contribution >= 0.6 is 0 Å². The lowest BCUT2D eigenvalue weighted by Crippen LogP contribution is -2.32. The number of nitrogens with one attached hydrogen (secondary N) is 3. The molecular weight excluding hydrogens is 295 g/mol. The lowest BCUT2D eigenvalue weighted by atomic mass is 10.0. The molecule has 5 nitrogen and oxygen atoms in total. The molecule has 1 aromatic carbocycles. The van der Waals surface area contributed by atoms with E-state index in [-0.39, 0.29) is 0 Å². The standard InChI is InChI=1S/C17H19FN4O/c1-17(2,18)16(23)22-15-7-13-6-11(14(8-19)9-20-3)4-5-12(13)10-21-15/h4-10,19-20H,1-3H3,(H,21,22,23)/b14-9+,19-8?. The summed E-state index contributed by atoms with van der Waals surface area (Å²) in [7, 11) is 1.76. The summed E-state index contributed by atoms with van der Waals surface area (Å²) >= 11 is 0. The van der Waals surface area contributed by atoms with E-state index in [1.54, 1.807) is 25.5 Å². The molecule has 1 heterocycles. The highest BCUT2D eigenvalue weighted by Crippen LogP contribution is 2.22.